The molecule has 0 spiro atoms. The van der Waals surface area contributed by atoms with E-state index in [1.54, 1.807) is 0 Å². The molecule has 0 radical (unpaired) electrons. The average Bonchev–Trinajstić information content (AvgIpc) is 2.62. The Kier molecular flexibility index (Phi) is 6.51. The van der Waals surface area contributed by atoms with Gasteiger partial charge in [-0.25, -0.2) is 0 Å². The van der Waals surface area contributed by atoms with Gasteiger partial charge in [0.25, 0.3) is 0 Å². The number of hydrogen-bond donors (Lipinski definition) is 2. The number of nitrogens with zero attached hydrogens (tertiary/aromatic N) is 1. The highest BCUT2D eigenvalue weighted by Gasteiger charge is 2.32. The molecule has 0 bridgehead atoms. The van der Waals surface area contributed by atoms with Gasteiger partial charge in [-0.3, -0.25) is 4.79 Å². The Morgan fingerprint density at radius 1 is 1.44 bits per heavy atom. The van der Waals surface area contributed by atoms with Crippen molar-refractivity contribution in [2.75, 3.05) is 12.4 Å². The van der Waals surface area contributed by atoms with Gasteiger partial charge in [0.05, 0.1) is 18.4 Å². The normalized spacial score (nSPS) is 20.5. The fourth-order valence-corrected chi connectivity index (χ4v) is 2.78. The van der Waals surface area contributed by atoms with Crippen LogP contribution in [0.15, 0.2) is 0 Å². The molecular formula is C13H22N2O2S. The summed E-state index contributed by atoms with van der Waals surface area (Å²) in [5, 5.41) is 21.2. The molecule has 0 aliphatic heterocycles. The molecule has 5 heteroatoms. The first-order valence-corrected chi connectivity index (χ1v) is 7.61. The molecule has 1 unspecified atom stereocenters. The smallest absolute Gasteiger partial charge is 0.231 e. The number of nitrogens with one attached hydrogen (secondary N) is 1. The minimum Gasteiger partial charge on any atom is -0.395 e. The van der Waals surface area contributed by atoms with Crippen LogP contribution >= 0.6 is 11.8 Å². The summed E-state index contributed by atoms with van der Waals surface area (Å²) in [6, 6.07) is 2.30. The lowest BCUT2D eigenvalue weighted by Gasteiger charge is -2.26. The molecule has 0 heterocycles. The molecule has 102 valence electrons. The monoisotopic (exact) mass is 270 g/mol. The Balaban J connectivity index is 2.46. The number of carbonyl (C=O) groups excluding carboxylic acids is 1. The van der Waals surface area contributed by atoms with Gasteiger partial charge in [0.2, 0.25) is 5.91 Å². The number of hydrogen-bond acceptors (Lipinski definition) is 4. The molecule has 1 atom stereocenters. The molecule has 1 fully saturated rings. The number of carbonyl (C=O) groups is 1. The summed E-state index contributed by atoms with van der Waals surface area (Å²) in [6.07, 6.45) is 5.83. The molecule has 1 amide bonds. The van der Waals surface area contributed by atoms with Crippen molar-refractivity contribution in [2.45, 2.75) is 56.2 Å². The van der Waals surface area contributed by atoms with Crippen LogP contribution in [-0.4, -0.2) is 34.2 Å². The highest BCUT2D eigenvalue weighted by Crippen LogP contribution is 2.26. The molecule has 2 N–H and O–H groups in total. The number of thioether (sulfide) groups is 1. The summed E-state index contributed by atoms with van der Waals surface area (Å²) in [7, 11) is 0. The zero-order chi connectivity index (χ0) is 13.4. The van der Waals surface area contributed by atoms with E-state index in [4.69, 9.17) is 5.11 Å². The van der Waals surface area contributed by atoms with Crippen molar-refractivity contribution >= 4 is 17.7 Å². The maximum absolute atomic E-state index is 11.8. The SMILES string of the molecule is CC(CO)SCC(=O)NC1(C#N)CCCCCC1. The van der Waals surface area contributed by atoms with Crippen LogP contribution in [0.4, 0.5) is 0 Å². The predicted octanol–water partition coefficient (Wildman–Crippen LogP) is 1.83. The maximum Gasteiger partial charge on any atom is 0.231 e. The van der Waals surface area contributed by atoms with Crippen molar-refractivity contribution in [3.05, 3.63) is 0 Å². The molecule has 0 aromatic rings. The molecule has 1 saturated carbocycles. The maximum atomic E-state index is 11.8. The molecule has 1 aliphatic rings. The van der Waals surface area contributed by atoms with Crippen LogP contribution in [0.3, 0.4) is 0 Å². The first kappa shape index (κ1) is 15.3. The average molecular weight is 270 g/mol. The largest absolute Gasteiger partial charge is 0.395 e. The van der Waals surface area contributed by atoms with Crippen LogP contribution in [0.2, 0.25) is 0 Å². The van der Waals surface area contributed by atoms with E-state index in [1.807, 2.05) is 6.92 Å². The second-order valence-electron chi connectivity index (χ2n) is 4.96. The van der Waals surface area contributed by atoms with Crippen LogP contribution in [0.5, 0.6) is 0 Å². The molecule has 1 aliphatic carbocycles. The van der Waals surface area contributed by atoms with Gasteiger partial charge in [-0.2, -0.15) is 5.26 Å². The van der Waals surface area contributed by atoms with E-state index in [9.17, 15) is 10.1 Å². The van der Waals surface area contributed by atoms with Gasteiger partial charge >= 0.3 is 0 Å². The molecule has 0 aromatic carbocycles. The van der Waals surface area contributed by atoms with Crippen LogP contribution in [0.1, 0.15) is 45.4 Å². The van der Waals surface area contributed by atoms with Crippen molar-refractivity contribution < 1.29 is 9.90 Å². The zero-order valence-electron chi connectivity index (χ0n) is 10.9. The third-order valence-corrected chi connectivity index (χ3v) is 4.45. The fourth-order valence-electron chi connectivity index (χ4n) is 2.17. The Hall–Kier alpha value is -0.730. The van der Waals surface area contributed by atoms with E-state index in [0.717, 1.165) is 38.5 Å². The molecular weight excluding hydrogens is 248 g/mol. The lowest BCUT2D eigenvalue weighted by atomic mass is 9.92. The Morgan fingerprint density at radius 3 is 2.56 bits per heavy atom. The third kappa shape index (κ3) is 4.87. The van der Waals surface area contributed by atoms with Gasteiger partial charge in [-0.1, -0.05) is 32.6 Å². The van der Waals surface area contributed by atoms with Gasteiger partial charge < -0.3 is 10.4 Å². The van der Waals surface area contributed by atoms with Gasteiger partial charge in [0.15, 0.2) is 0 Å². The summed E-state index contributed by atoms with van der Waals surface area (Å²) < 4.78 is 0. The van der Waals surface area contributed by atoms with Gasteiger partial charge in [0.1, 0.15) is 5.54 Å². The van der Waals surface area contributed by atoms with Crippen molar-refractivity contribution in [1.29, 1.82) is 5.26 Å². The highest BCUT2D eigenvalue weighted by atomic mass is 32.2. The lowest BCUT2D eigenvalue weighted by Crippen LogP contribution is -2.47. The van der Waals surface area contributed by atoms with Gasteiger partial charge in [-0.05, 0) is 12.8 Å². The zero-order valence-corrected chi connectivity index (χ0v) is 11.8. The number of aliphatic hydroxyl groups is 1. The second kappa shape index (κ2) is 7.65. The Bertz CT molecular complexity index is 307. The number of nitriles is 1. The predicted molar refractivity (Wildman–Crippen MR) is 73.2 cm³/mol. The summed E-state index contributed by atoms with van der Waals surface area (Å²) in [5.74, 6) is 0.217. The summed E-state index contributed by atoms with van der Waals surface area (Å²) in [4.78, 5) is 11.8. The second-order valence-corrected chi connectivity index (χ2v) is 6.39. The molecule has 0 aromatic heterocycles. The quantitative estimate of drug-likeness (QED) is 0.748. The van der Waals surface area contributed by atoms with Crippen LogP contribution in [0.25, 0.3) is 0 Å². The third-order valence-electron chi connectivity index (χ3n) is 3.31. The fraction of sp³-hybridized carbons (Fsp3) is 0.846. The van der Waals surface area contributed by atoms with E-state index in [-0.39, 0.29) is 17.8 Å². The minimum atomic E-state index is -0.656. The molecule has 18 heavy (non-hydrogen) atoms. The van der Waals surface area contributed by atoms with Crippen molar-refractivity contribution in [1.82, 2.24) is 5.32 Å². The van der Waals surface area contributed by atoms with E-state index < -0.39 is 5.54 Å². The minimum absolute atomic E-state index is 0.0583. The Labute approximate surface area is 113 Å². The van der Waals surface area contributed by atoms with Gasteiger partial charge in [-0.15, -0.1) is 11.8 Å². The first-order chi connectivity index (χ1) is 8.62. The summed E-state index contributed by atoms with van der Waals surface area (Å²) in [6.45, 7) is 1.95. The summed E-state index contributed by atoms with van der Waals surface area (Å²) >= 11 is 1.42. The lowest BCUT2D eigenvalue weighted by molar-refractivity contribution is -0.120. The first-order valence-electron chi connectivity index (χ1n) is 6.56. The summed E-state index contributed by atoms with van der Waals surface area (Å²) in [5.41, 5.74) is -0.656. The van der Waals surface area contributed by atoms with Crippen molar-refractivity contribution in [3.63, 3.8) is 0 Å². The number of amides is 1. The van der Waals surface area contributed by atoms with E-state index >= 15 is 0 Å². The number of rotatable bonds is 5. The van der Waals surface area contributed by atoms with Gasteiger partial charge in [0, 0.05) is 5.25 Å². The van der Waals surface area contributed by atoms with E-state index in [1.165, 1.54) is 11.8 Å². The standard InChI is InChI=1S/C13H22N2O2S/c1-11(8-16)18-9-12(17)15-13(10-14)6-4-2-3-5-7-13/h11,16H,2-9H2,1H3,(H,15,17). The van der Waals surface area contributed by atoms with Crippen LogP contribution in [-0.2, 0) is 4.79 Å². The van der Waals surface area contributed by atoms with Crippen LogP contribution in [0, 0.1) is 11.3 Å². The topological polar surface area (TPSA) is 73.1 Å². The molecule has 4 nitrogen and oxygen atoms in total. The molecule has 0 saturated heterocycles. The Morgan fingerprint density at radius 2 is 2.06 bits per heavy atom. The van der Waals surface area contributed by atoms with E-state index in [0.29, 0.717) is 5.75 Å². The van der Waals surface area contributed by atoms with Crippen molar-refractivity contribution in [2.24, 2.45) is 0 Å². The molecule has 1 rings (SSSR count). The van der Waals surface area contributed by atoms with Crippen molar-refractivity contribution in [3.8, 4) is 6.07 Å². The number of aliphatic hydroxyl groups excluding tert-OH is 1. The van der Waals surface area contributed by atoms with Crippen LogP contribution < -0.4 is 5.32 Å². The van der Waals surface area contributed by atoms with E-state index in [2.05, 4.69) is 11.4 Å². The highest BCUT2D eigenvalue weighted by molar-refractivity contribution is 8.00.